The normalized spacial score (nSPS) is 13.0. The number of hydrogen-bond acceptors (Lipinski definition) is 1. The highest BCUT2D eigenvalue weighted by Gasteiger charge is 2.33. The summed E-state index contributed by atoms with van der Waals surface area (Å²) in [5, 5.41) is 7.46. The molecule has 0 saturated heterocycles. The summed E-state index contributed by atoms with van der Waals surface area (Å²) in [6.45, 7) is 0. The number of hydrogen-bond donors (Lipinski definition) is 1. The maximum atomic E-state index is 2.46. The summed E-state index contributed by atoms with van der Waals surface area (Å²) in [7, 11) is 0. The largest absolute Gasteiger partial charge is 0.314 e. The maximum Gasteiger partial charge on any atom is 0.149 e. The third-order valence-corrected chi connectivity index (χ3v) is 16.6. The topological polar surface area (TPSA) is 7.68 Å². The van der Waals surface area contributed by atoms with Gasteiger partial charge in [-0.2, -0.15) is 0 Å². The number of quaternary nitrogens is 1. The van der Waals surface area contributed by atoms with Crippen LogP contribution in [0.3, 0.4) is 0 Å². The summed E-state index contributed by atoms with van der Waals surface area (Å²) in [5.74, 6) is 0. The minimum atomic E-state index is 0.896. The molecule has 0 spiro atoms. The molecule has 2 nitrogen and oxygen atoms in total. The Morgan fingerprint density at radius 1 is 0.263 bits per heavy atom. The Bertz CT molecular complexity index is 4530. The zero-order chi connectivity index (χ0) is 52.9. The number of para-hydroxylation sites is 2. The molecule has 0 radical (unpaired) electrons. The number of anilines is 2. The molecule has 1 N–H and O–H groups in total. The molecular formula is C78H55N2+. The first kappa shape index (κ1) is 47.1. The van der Waals surface area contributed by atoms with Gasteiger partial charge in [-0.05, 0) is 191 Å². The number of nitrogens with one attached hydrogen (secondary N) is 1. The molecule has 0 saturated carbocycles. The molecule has 15 rings (SSSR count). The highest BCUT2D eigenvalue weighted by atomic mass is 15.2. The van der Waals surface area contributed by atoms with Gasteiger partial charge in [0.05, 0.1) is 0 Å². The molecule has 0 fully saturated rings. The van der Waals surface area contributed by atoms with E-state index >= 15 is 0 Å². The Balaban J connectivity index is 0.758. The highest BCUT2D eigenvalue weighted by Crippen LogP contribution is 2.42. The molecule has 1 aliphatic heterocycles. The van der Waals surface area contributed by atoms with Gasteiger partial charge in [0.2, 0.25) is 0 Å². The molecule has 0 atom stereocenters. The maximum absolute atomic E-state index is 2.46. The van der Waals surface area contributed by atoms with E-state index < -0.39 is 0 Å². The molecule has 0 aromatic heterocycles. The molecule has 0 amide bonds. The fraction of sp³-hybridized carbons (Fsp3) is 0.0256. The van der Waals surface area contributed by atoms with E-state index in [4.69, 9.17) is 0 Å². The van der Waals surface area contributed by atoms with Gasteiger partial charge in [0.15, 0.2) is 0 Å². The van der Waals surface area contributed by atoms with Crippen LogP contribution < -0.4 is 9.80 Å². The minimum absolute atomic E-state index is 0.896. The monoisotopic (exact) mass is 1020 g/mol. The van der Waals surface area contributed by atoms with Crippen LogP contribution in [0.5, 0.6) is 0 Å². The highest BCUT2D eigenvalue weighted by molar-refractivity contribution is 5.98. The van der Waals surface area contributed by atoms with Crippen molar-refractivity contribution in [1.29, 1.82) is 0 Å². The van der Waals surface area contributed by atoms with Crippen LogP contribution in [0.2, 0.25) is 0 Å². The van der Waals surface area contributed by atoms with E-state index in [1.165, 1.54) is 138 Å². The molecule has 80 heavy (non-hydrogen) atoms. The van der Waals surface area contributed by atoms with Crippen molar-refractivity contribution < 1.29 is 4.90 Å². The Morgan fingerprint density at radius 3 is 1.32 bits per heavy atom. The summed E-state index contributed by atoms with van der Waals surface area (Å²) >= 11 is 0. The van der Waals surface area contributed by atoms with E-state index in [1.54, 1.807) is 0 Å². The standard InChI is InChI=1S/C78H54N2/c1-2-13-53(14-3-1)62-31-27-57-29-33-64(50-67(57)48-62)65-34-30-58-28-32-63(49-68(58)51-65)56-39-45-71(46-40-56)79(69-41-35-54(36-42-69)60-17-10-19-66(47-60)74-24-12-16-59-15-4-5-21-73(59)74)70-43-37-55(38-44-70)61-18-11-20-72(52-61)80-77-25-8-6-22-75(77)76-23-7-9-26-78(76)80/h1-37,39-43,45-52H,38,44H2/p+1. The Labute approximate surface area is 467 Å². The fourth-order valence-corrected chi connectivity index (χ4v) is 12.5. The lowest BCUT2D eigenvalue weighted by Gasteiger charge is -2.30. The SMILES string of the molecule is C1=C(c2cccc([NH+]3c4ccccc4-c4ccccc43)c2)CCC(N(c2ccc(-c3cccc(-c4cccc5ccccc45)c3)cc2)c2ccc(-c3ccc4ccc(-c5ccc6ccc(-c7ccccc7)cc6c5)cc4c3)cc2)=C1. The van der Waals surface area contributed by atoms with Gasteiger partial charge in [0.25, 0.3) is 0 Å². The zero-order valence-corrected chi connectivity index (χ0v) is 44.2. The van der Waals surface area contributed by atoms with Crippen LogP contribution in [0.15, 0.2) is 309 Å². The third-order valence-electron chi connectivity index (χ3n) is 16.6. The predicted octanol–water partition coefficient (Wildman–Crippen LogP) is 20.5. The van der Waals surface area contributed by atoms with Crippen LogP contribution in [0.1, 0.15) is 18.4 Å². The third kappa shape index (κ3) is 8.69. The van der Waals surface area contributed by atoms with Crippen molar-refractivity contribution in [1.82, 2.24) is 0 Å². The predicted molar refractivity (Wildman–Crippen MR) is 338 cm³/mol. The lowest BCUT2D eigenvalue weighted by molar-refractivity contribution is -0.677. The van der Waals surface area contributed by atoms with E-state index in [0.717, 1.165) is 24.2 Å². The molecule has 13 aromatic carbocycles. The van der Waals surface area contributed by atoms with Gasteiger partial charge in [-0.1, -0.05) is 206 Å². The van der Waals surface area contributed by atoms with Gasteiger partial charge in [-0.3, -0.25) is 0 Å². The Kier molecular flexibility index (Phi) is 11.8. The average molecular weight is 1020 g/mol. The van der Waals surface area contributed by atoms with Crippen LogP contribution in [-0.2, 0) is 0 Å². The lowest BCUT2D eigenvalue weighted by atomic mass is 9.94. The number of rotatable bonds is 10. The second-order valence-electron chi connectivity index (χ2n) is 21.4. The second kappa shape index (κ2) is 20.0. The van der Waals surface area contributed by atoms with Crippen molar-refractivity contribution in [2.24, 2.45) is 0 Å². The van der Waals surface area contributed by atoms with Crippen molar-refractivity contribution in [3.63, 3.8) is 0 Å². The number of nitrogens with zero attached hydrogens (tertiary/aromatic N) is 1. The molecule has 1 heterocycles. The Morgan fingerprint density at radius 2 is 0.713 bits per heavy atom. The number of allylic oxidation sites excluding steroid dienone is 4. The first-order valence-electron chi connectivity index (χ1n) is 27.9. The molecule has 1 aliphatic carbocycles. The Hall–Kier alpha value is -10.1. The summed E-state index contributed by atoms with van der Waals surface area (Å²) in [5.41, 5.74) is 24.8. The van der Waals surface area contributed by atoms with E-state index in [2.05, 4.69) is 308 Å². The fourth-order valence-electron chi connectivity index (χ4n) is 12.5. The van der Waals surface area contributed by atoms with Crippen LogP contribution in [0, 0.1) is 0 Å². The summed E-state index contributed by atoms with van der Waals surface area (Å²) in [6.07, 6.45) is 6.54. The quantitative estimate of drug-likeness (QED) is 0.143. The van der Waals surface area contributed by atoms with Crippen molar-refractivity contribution in [3.05, 3.63) is 315 Å². The first-order chi connectivity index (χ1) is 39.6. The van der Waals surface area contributed by atoms with Gasteiger partial charge in [0.1, 0.15) is 17.1 Å². The molecule has 376 valence electrons. The summed E-state index contributed by atoms with van der Waals surface area (Å²) < 4.78 is 0. The van der Waals surface area contributed by atoms with Crippen molar-refractivity contribution in [3.8, 4) is 66.8 Å². The van der Waals surface area contributed by atoms with Gasteiger partial charge < -0.3 is 4.90 Å². The van der Waals surface area contributed by atoms with Gasteiger partial charge in [-0.15, -0.1) is 0 Å². The minimum Gasteiger partial charge on any atom is -0.314 e. The second-order valence-corrected chi connectivity index (χ2v) is 21.4. The number of benzene rings is 13. The molecule has 0 unspecified atom stereocenters. The van der Waals surface area contributed by atoms with Gasteiger partial charge >= 0.3 is 0 Å². The zero-order valence-electron chi connectivity index (χ0n) is 44.2. The first-order valence-corrected chi connectivity index (χ1v) is 27.9. The van der Waals surface area contributed by atoms with Crippen LogP contribution >= 0.6 is 0 Å². The average Bonchev–Trinajstić information content (AvgIpc) is 3.92. The molecule has 2 aliphatic rings. The van der Waals surface area contributed by atoms with E-state index in [9.17, 15) is 0 Å². The smallest absolute Gasteiger partial charge is 0.149 e. The van der Waals surface area contributed by atoms with E-state index in [1.807, 2.05) is 0 Å². The van der Waals surface area contributed by atoms with Crippen molar-refractivity contribution in [2.45, 2.75) is 12.8 Å². The molecular weight excluding hydrogens is 965 g/mol. The van der Waals surface area contributed by atoms with Crippen molar-refractivity contribution >= 4 is 66.3 Å². The van der Waals surface area contributed by atoms with Gasteiger partial charge in [0, 0.05) is 46.4 Å². The molecule has 2 heteroatoms. The molecule has 0 bridgehead atoms. The van der Waals surface area contributed by atoms with Gasteiger partial charge in [-0.25, -0.2) is 4.90 Å². The van der Waals surface area contributed by atoms with E-state index in [0.29, 0.717) is 0 Å². The number of fused-ring (bicyclic) bond motifs is 6. The summed E-state index contributed by atoms with van der Waals surface area (Å²) in [6, 6.07) is 107. The molecule has 13 aromatic rings. The van der Waals surface area contributed by atoms with Crippen LogP contribution in [0.4, 0.5) is 28.4 Å². The van der Waals surface area contributed by atoms with E-state index in [-0.39, 0.29) is 0 Å². The summed E-state index contributed by atoms with van der Waals surface area (Å²) in [4.78, 5) is 3.78. The van der Waals surface area contributed by atoms with Crippen LogP contribution in [0.25, 0.3) is 105 Å². The van der Waals surface area contributed by atoms with Crippen LogP contribution in [-0.4, -0.2) is 0 Å². The lowest BCUT2D eigenvalue weighted by Crippen LogP contribution is -2.95. The van der Waals surface area contributed by atoms with Crippen molar-refractivity contribution in [2.75, 3.05) is 4.90 Å².